The average Bonchev–Trinajstić information content (AvgIpc) is 2.71. The van der Waals surface area contributed by atoms with Gasteiger partial charge >= 0.3 is 0 Å². The first kappa shape index (κ1) is 11.9. The van der Waals surface area contributed by atoms with E-state index in [1.165, 1.54) is 28.0 Å². The van der Waals surface area contributed by atoms with Crippen LogP contribution in [0.25, 0.3) is 11.1 Å². The highest BCUT2D eigenvalue weighted by molar-refractivity contribution is 7.99. The fourth-order valence-corrected chi connectivity index (χ4v) is 3.93. The Hall–Kier alpha value is -1.21. The van der Waals surface area contributed by atoms with Gasteiger partial charge in [-0.05, 0) is 33.9 Å². The summed E-state index contributed by atoms with van der Waals surface area (Å²) in [4.78, 5) is 0. The summed E-state index contributed by atoms with van der Waals surface area (Å²) in [5, 5.41) is 0.528. The molecule has 1 aliphatic carbocycles. The summed E-state index contributed by atoms with van der Waals surface area (Å²) in [5.74, 6) is 1.96. The summed E-state index contributed by atoms with van der Waals surface area (Å²) in [6, 6.07) is 17.7. The van der Waals surface area contributed by atoms with Crippen LogP contribution in [0.1, 0.15) is 30.2 Å². The van der Waals surface area contributed by atoms with Crippen molar-refractivity contribution in [2.24, 2.45) is 5.92 Å². The first-order chi connectivity index (χ1) is 8.77. The smallest absolute Gasteiger partial charge is 0.0558 e. The molecule has 0 saturated carbocycles. The SMILES string of the molecule is CC(C)CSC1c2ccccc2-c2ccccc21. The zero-order chi connectivity index (χ0) is 12.5. The van der Waals surface area contributed by atoms with E-state index in [9.17, 15) is 0 Å². The molecule has 0 unspecified atom stereocenters. The Labute approximate surface area is 113 Å². The molecule has 2 aromatic carbocycles. The second-order valence-electron chi connectivity index (χ2n) is 5.28. The molecule has 0 bridgehead atoms. The third-order valence-corrected chi connectivity index (χ3v) is 5.07. The minimum absolute atomic E-state index is 0.528. The minimum Gasteiger partial charge on any atom is -0.149 e. The van der Waals surface area contributed by atoms with Crippen LogP contribution in [0, 0.1) is 5.92 Å². The van der Waals surface area contributed by atoms with Crippen LogP contribution in [-0.2, 0) is 0 Å². The van der Waals surface area contributed by atoms with E-state index >= 15 is 0 Å². The molecular weight excluding hydrogens is 236 g/mol. The van der Waals surface area contributed by atoms with Crippen molar-refractivity contribution in [3.8, 4) is 11.1 Å². The standard InChI is InChI=1S/C17H18S/c1-12(2)11-18-17-15-9-5-3-7-13(15)14-8-4-6-10-16(14)17/h3-10,12,17H,11H2,1-2H3. The van der Waals surface area contributed by atoms with Crippen molar-refractivity contribution in [3.63, 3.8) is 0 Å². The summed E-state index contributed by atoms with van der Waals surface area (Å²) in [6.45, 7) is 4.58. The molecular formula is C17H18S. The lowest BCUT2D eigenvalue weighted by atomic mass is 10.1. The molecule has 3 rings (SSSR count). The molecule has 0 atom stereocenters. The topological polar surface area (TPSA) is 0 Å². The van der Waals surface area contributed by atoms with Gasteiger partial charge in [0.1, 0.15) is 0 Å². The Balaban J connectivity index is 2.03. The highest BCUT2D eigenvalue weighted by atomic mass is 32.2. The van der Waals surface area contributed by atoms with Gasteiger partial charge in [-0.1, -0.05) is 62.4 Å². The lowest BCUT2D eigenvalue weighted by molar-refractivity contribution is 0.749. The quantitative estimate of drug-likeness (QED) is 0.730. The summed E-state index contributed by atoms with van der Waals surface area (Å²) in [5.41, 5.74) is 5.83. The molecule has 0 spiro atoms. The second-order valence-corrected chi connectivity index (χ2v) is 6.42. The van der Waals surface area contributed by atoms with Gasteiger partial charge in [0.2, 0.25) is 0 Å². The van der Waals surface area contributed by atoms with Crippen LogP contribution in [0.5, 0.6) is 0 Å². The molecule has 0 fully saturated rings. The number of hydrogen-bond acceptors (Lipinski definition) is 1. The van der Waals surface area contributed by atoms with Crippen LogP contribution >= 0.6 is 11.8 Å². The van der Waals surface area contributed by atoms with Gasteiger partial charge in [0, 0.05) is 0 Å². The molecule has 0 nitrogen and oxygen atoms in total. The van der Waals surface area contributed by atoms with Crippen molar-refractivity contribution in [1.82, 2.24) is 0 Å². The summed E-state index contributed by atoms with van der Waals surface area (Å²) < 4.78 is 0. The normalized spacial score (nSPS) is 13.7. The fraction of sp³-hybridized carbons (Fsp3) is 0.294. The second kappa shape index (κ2) is 4.81. The molecule has 1 heteroatoms. The molecule has 0 aromatic heterocycles. The molecule has 0 N–H and O–H groups in total. The predicted octanol–water partition coefficient (Wildman–Crippen LogP) is 5.15. The lowest BCUT2D eigenvalue weighted by Gasteiger charge is -2.14. The number of thioether (sulfide) groups is 1. The van der Waals surface area contributed by atoms with Crippen molar-refractivity contribution in [2.45, 2.75) is 19.1 Å². The molecule has 18 heavy (non-hydrogen) atoms. The van der Waals surface area contributed by atoms with Gasteiger partial charge in [-0.25, -0.2) is 0 Å². The molecule has 0 radical (unpaired) electrons. The van der Waals surface area contributed by atoms with E-state index in [4.69, 9.17) is 0 Å². The van der Waals surface area contributed by atoms with E-state index in [2.05, 4.69) is 74.1 Å². The largest absolute Gasteiger partial charge is 0.149 e. The maximum atomic E-state index is 2.29. The first-order valence-electron chi connectivity index (χ1n) is 6.57. The molecule has 0 aliphatic heterocycles. The highest BCUT2D eigenvalue weighted by Crippen LogP contribution is 2.50. The molecule has 2 aromatic rings. The summed E-state index contributed by atoms with van der Waals surface area (Å²) in [7, 11) is 0. The van der Waals surface area contributed by atoms with Crippen molar-refractivity contribution in [1.29, 1.82) is 0 Å². The van der Waals surface area contributed by atoms with Crippen LogP contribution in [0.3, 0.4) is 0 Å². The summed E-state index contributed by atoms with van der Waals surface area (Å²) >= 11 is 2.08. The molecule has 0 saturated heterocycles. The Morgan fingerprint density at radius 3 is 1.89 bits per heavy atom. The Kier molecular flexibility index (Phi) is 3.17. The molecule has 0 heterocycles. The number of hydrogen-bond donors (Lipinski definition) is 0. The van der Waals surface area contributed by atoms with E-state index < -0.39 is 0 Å². The van der Waals surface area contributed by atoms with E-state index in [0.29, 0.717) is 5.25 Å². The maximum absolute atomic E-state index is 2.29. The summed E-state index contributed by atoms with van der Waals surface area (Å²) in [6.07, 6.45) is 0. The lowest BCUT2D eigenvalue weighted by Crippen LogP contribution is -1.97. The number of fused-ring (bicyclic) bond motifs is 3. The van der Waals surface area contributed by atoms with Gasteiger partial charge < -0.3 is 0 Å². The predicted molar refractivity (Wildman–Crippen MR) is 81.0 cm³/mol. The van der Waals surface area contributed by atoms with E-state index in [1.54, 1.807) is 0 Å². The van der Waals surface area contributed by atoms with Crippen LogP contribution in [0.2, 0.25) is 0 Å². The zero-order valence-electron chi connectivity index (χ0n) is 10.9. The van der Waals surface area contributed by atoms with Gasteiger partial charge in [-0.3, -0.25) is 0 Å². The number of rotatable bonds is 3. The Bertz CT molecular complexity index is 512. The fourth-order valence-electron chi connectivity index (χ4n) is 2.58. The zero-order valence-corrected chi connectivity index (χ0v) is 11.7. The Morgan fingerprint density at radius 1 is 0.889 bits per heavy atom. The van der Waals surface area contributed by atoms with Crippen LogP contribution in [-0.4, -0.2) is 5.75 Å². The van der Waals surface area contributed by atoms with Crippen molar-refractivity contribution in [2.75, 3.05) is 5.75 Å². The van der Waals surface area contributed by atoms with E-state index in [-0.39, 0.29) is 0 Å². The minimum atomic E-state index is 0.528. The first-order valence-corrected chi connectivity index (χ1v) is 7.62. The van der Waals surface area contributed by atoms with Gasteiger partial charge in [0.25, 0.3) is 0 Å². The van der Waals surface area contributed by atoms with Crippen LogP contribution < -0.4 is 0 Å². The number of benzene rings is 2. The van der Waals surface area contributed by atoms with Gasteiger partial charge in [-0.2, -0.15) is 0 Å². The average molecular weight is 254 g/mol. The van der Waals surface area contributed by atoms with Crippen molar-refractivity contribution >= 4 is 11.8 Å². The monoisotopic (exact) mass is 254 g/mol. The van der Waals surface area contributed by atoms with Gasteiger partial charge in [0.15, 0.2) is 0 Å². The third kappa shape index (κ3) is 1.97. The van der Waals surface area contributed by atoms with Crippen molar-refractivity contribution in [3.05, 3.63) is 59.7 Å². The van der Waals surface area contributed by atoms with E-state index in [0.717, 1.165) is 5.92 Å². The molecule has 1 aliphatic rings. The molecule has 92 valence electrons. The highest BCUT2D eigenvalue weighted by Gasteiger charge is 2.28. The van der Waals surface area contributed by atoms with E-state index in [1.807, 2.05) is 0 Å². The van der Waals surface area contributed by atoms with Crippen LogP contribution in [0.15, 0.2) is 48.5 Å². The van der Waals surface area contributed by atoms with Gasteiger partial charge in [-0.15, -0.1) is 11.8 Å². The third-order valence-electron chi connectivity index (χ3n) is 3.37. The molecule has 0 amide bonds. The van der Waals surface area contributed by atoms with Gasteiger partial charge in [0.05, 0.1) is 5.25 Å². The maximum Gasteiger partial charge on any atom is 0.0558 e. The van der Waals surface area contributed by atoms with Crippen LogP contribution in [0.4, 0.5) is 0 Å². The van der Waals surface area contributed by atoms with Crippen molar-refractivity contribution < 1.29 is 0 Å². The Morgan fingerprint density at radius 2 is 1.39 bits per heavy atom.